The maximum Gasteiger partial charge on any atom is 0.104 e. The molecule has 4 nitrogen and oxygen atoms in total. The highest BCUT2D eigenvalue weighted by atomic mass is 32.1. The lowest BCUT2D eigenvalue weighted by molar-refractivity contribution is 0.0943. The Morgan fingerprint density at radius 1 is 1.09 bits per heavy atom. The van der Waals surface area contributed by atoms with E-state index in [2.05, 4.69) is 40.0 Å². The van der Waals surface area contributed by atoms with Crippen molar-refractivity contribution in [2.75, 3.05) is 38.1 Å². The molecule has 5 heteroatoms. The monoisotopic (exact) mass is 333 g/mol. The third kappa shape index (κ3) is 4.43. The van der Waals surface area contributed by atoms with E-state index in [1.54, 1.807) is 11.3 Å². The third-order valence-corrected chi connectivity index (χ3v) is 5.52. The van der Waals surface area contributed by atoms with Crippen LogP contribution in [0.5, 0.6) is 0 Å². The molecule has 2 aliphatic heterocycles. The molecular weight excluding hydrogens is 306 g/mol. The Kier molecular flexibility index (Phi) is 5.86. The van der Waals surface area contributed by atoms with Crippen LogP contribution >= 0.6 is 11.3 Å². The first-order valence-corrected chi connectivity index (χ1v) is 9.56. The van der Waals surface area contributed by atoms with Crippen molar-refractivity contribution in [1.82, 2.24) is 9.88 Å². The smallest absolute Gasteiger partial charge is 0.104 e. The molecule has 1 aromatic heterocycles. The van der Waals surface area contributed by atoms with Gasteiger partial charge in [-0.2, -0.15) is 0 Å². The Balaban J connectivity index is 0.000000166. The fraction of sp³-hybridized carbons (Fsp3) is 0.611. The zero-order valence-electron chi connectivity index (χ0n) is 13.9. The van der Waals surface area contributed by atoms with Crippen molar-refractivity contribution in [2.24, 2.45) is 0 Å². The molecule has 3 heterocycles. The van der Waals surface area contributed by atoms with Crippen molar-refractivity contribution < 1.29 is 5.11 Å². The highest BCUT2D eigenvalue weighted by molar-refractivity contribution is 7.16. The highest BCUT2D eigenvalue weighted by Crippen LogP contribution is 2.29. The minimum atomic E-state index is -0.0220. The number of hydrogen-bond donors (Lipinski definition) is 1. The number of benzene rings is 1. The summed E-state index contributed by atoms with van der Waals surface area (Å²) in [5.41, 5.74) is 4.45. The van der Waals surface area contributed by atoms with Gasteiger partial charge in [-0.05, 0) is 51.3 Å². The van der Waals surface area contributed by atoms with Crippen LogP contribution in [0.4, 0.5) is 5.69 Å². The summed E-state index contributed by atoms with van der Waals surface area (Å²) in [5.74, 6) is 0. The molecule has 126 valence electrons. The number of aromatic nitrogens is 1. The standard InChI is InChI=1S/C12H14N2S.C6H13NO/c1-2-7-14(8-3-1)10-5-4-6-11-12(10)13-9-15-11;1-7-4-2-6(8)3-5-7/h4-6,9H,1-3,7-8H2;6,8H,2-5H2,1H3. The Bertz CT molecular complexity index is 591. The van der Waals surface area contributed by atoms with Crippen LogP contribution in [-0.4, -0.2) is 54.3 Å². The highest BCUT2D eigenvalue weighted by Gasteiger charge is 2.14. The zero-order valence-corrected chi connectivity index (χ0v) is 14.8. The Morgan fingerprint density at radius 3 is 2.52 bits per heavy atom. The number of fused-ring (bicyclic) bond motifs is 1. The fourth-order valence-corrected chi connectivity index (χ4v) is 3.95. The number of anilines is 1. The van der Waals surface area contributed by atoms with Crippen LogP contribution in [-0.2, 0) is 0 Å². The number of para-hydroxylation sites is 1. The average Bonchev–Trinajstić information content (AvgIpc) is 3.07. The second-order valence-electron chi connectivity index (χ2n) is 6.56. The molecule has 0 unspecified atom stereocenters. The van der Waals surface area contributed by atoms with Crippen LogP contribution in [0.2, 0.25) is 0 Å². The first-order chi connectivity index (χ1) is 11.2. The summed E-state index contributed by atoms with van der Waals surface area (Å²) in [6.45, 7) is 4.50. The second kappa shape index (κ2) is 8.08. The van der Waals surface area contributed by atoms with Gasteiger partial charge in [-0.15, -0.1) is 11.3 Å². The van der Waals surface area contributed by atoms with Gasteiger partial charge in [-0.3, -0.25) is 0 Å². The summed E-state index contributed by atoms with van der Waals surface area (Å²) in [7, 11) is 2.09. The fourth-order valence-electron chi connectivity index (χ4n) is 3.26. The maximum atomic E-state index is 9.00. The van der Waals surface area contributed by atoms with E-state index in [0.717, 1.165) is 25.9 Å². The molecule has 0 atom stereocenters. The van der Waals surface area contributed by atoms with Crippen molar-refractivity contribution in [2.45, 2.75) is 38.2 Å². The van der Waals surface area contributed by atoms with Gasteiger partial charge in [0.1, 0.15) is 5.52 Å². The first kappa shape index (κ1) is 16.7. The molecule has 0 spiro atoms. The quantitative estimate of drug-likeness (QED) is 0.869. The number of thiazole rings is 1. The molecule has 23 heavy (non-hydrogen) atoms. The summed E-state index contributed by atoms with van der Waals surface area (Å²) < 4.78 is 1.30. The molecule has 2 fully saturated rings. The predicted octanol–water partition coefficient (Wildman–Crippen LogP) is 3.36. The zero-order chi connectivity index (χ0) is 16.1. The van der Waals surface area contributed by atoms with Crippen LogP contribution < -0.4 is 4.90 Å². The van der Waals surface area contributed by atoms with Crippen molar-refractivity contribution in [1.29, 1.82) is 0 Å². The minimum Gasteiger partial charge on any atom is -0.393 e. The Morgan fingerprint density at radius 2 is 1.83 bits per heavy atom. The van der Waals surface area contributed by atoms with Gasteiger partial charge in [-0.25, -0.2) is 4.98 Å². The van der Waals surface area contributed by atoms with Crippen LogP contribution in [0.3, 0.4) is 0 Å². The number of piperidine rings is 2. The predicted molar refractivity (Wildman–Crippen MR) is 98.4 cm³/mol. The lowest BCUT2D eigenvalue weighted by Gasteiger charge is -2.28. The average molecular weight is 334 g/mol. The third-order valence-electron chi connectivity index (χ3n) is 4.72. The van der Waals surface area contributed by atoms with E-state index in [1.165, 1.54) is 48.3 Å². The topological polar surface area (TPSA) is 39.6 Å². The molecule has 2 aromatic rings. The molecule has 2 saturated heterocycles. The molecule has 0 amide bonds. The normalized spacial score (nSPS) is 20.3. The SMILES string of the molecule is CN1CCC(O)CC1.c1cc(N2CCCCC2)c2ncsc2c1. The molecule has 1 aromatic carbocycles. The summed E-state index contributed by atoms with van der Waals surface area (Å²) in [5, 5.41) is 9.00. The minimum absolute atomic E-state index is 0.0220. The van der Waals surface area contributed by atoms with Crippen LogP contribution in [0.15, 0.2) is 23.7 Å². The van der Waals surface area contributed by atoms with Crippen LogP contribution in [0.1, 0.15) is 32.1 Å². The van der Waals surface area contributed by atoms with Crippen LogP contribution in [0.25, 0.3) is 10.2 Å². The van der Waals surface area contributed by atoms with E-state index in [1.807, 2.05) is 5.51 Å². The Hall–Kier alpha value is -1.17. The van der Waals surface area contributed by atoms with Crippen molar-refractivity contribution in [3.8, 4) is 0 Å². The van der Waals surface area contributed by atoms with Gasteiger partial charge >= 0.3 is 0 Å². The van der Waals surface area contributed by atoms with Crippen molar-refractivity contribution in [3.05, 3.63) is 23.7 Å². The van der Waals surface area contributed by atoms with Crippen molar-refractivity contribution in [3.63, 3.8) is 0 Å². The summed E-state index contributed by atoms with van der Waals surface area (Å²) >= 11 is 1.73. The lowest BCUT2D eigenvalue weighted by atomic mass is 10.1. The number of aliphatic hydroxyl groups excluding tert-OH is 1. The first-order valence-electron chi connectivity index (χ1n) is 8.68. The van der Waals surface area contributed by atoms with E-state index in [0.29, 0.717) is 0 Å². The molecule has 0 aliphatic carbocycles. The summed E-state index contributed by atoms with van der Waals surface area (Å²) in [4.78, 5) is 9.19. The van der Waals surface area contributed by atoms with E-state index < -0.39 is 0 Å². The molecule has 0 radical (unpaired) electrons. The molecule has 4 rings (SSSR count). The summed E-state index contributed by atoms with van der Waals surface area (Å²) in [6, 6.07) is 6.50. The molecule has 0 saturated carbocycles. The molecule has 2 aliphatic rings. The summed E-state index contributed by atoms with van der Waals surface area (Å²) in [6.07, 6.45) is 5.91. The van der Waals surface area contributed by atoms with E-state index in [9.17, 15) is 0 Å². The number of nitrogens with zero attached hydrogens (tertiary/aromatic N) is 3. The molecule has 0 bridgehead atoms. The van der Waals surface area contributed by atoms with Crippen molar-refractivity contribution >= 4 is 27.2 Å². The molecular formula is C18H27N3OS. The largest absolute Gasteiger partial charge is 0.393 e. The molecule has 1 N–H and O–H groups in total. The maximum absolute atomic E-state index is 9.00. The van der Waals surface area contributed by atoms with Gasteiger partial charge in [0.05, 0.1) is 22.0 Å². The number of rotatable bonds is 1. The van der Waals surface area contributed by atoms with Gasteiger partial charge in [0.25, 0.3) is 0 Å². The number of hydrogen-bond acceptors (Lipinski definition) is 5. The van der Waals surface area contributed by atoms with E-state index in [4.69, 9.17) is 5.11 Å². The van der Waals surface area contributed by atoms with E-state index >= 15 is 0 Å². The lowest BCUT2D eigenvalue weighted by Crippen LogP contribution is -2.32. The number of likely N-dealkylation sites (tertiary alicyclic amines) is 1. The van der Waals surface area contributed by atoms with Gasteiger partial charge < -0.3 is 14.9 Å². The second-order valence-corrected chi connectivity index (χ2v) is 7.44. The van der Waals surface area contributed by atoms with Gasteiger partial charge in [0.15, 0.2) is 0 Å². The van der Waals surface area contributed by atoms with E-state index in [-0.39, 0.29) is 6.10 Å². The van der Waals surface area contributed by atoms with Gasteiger partial charge in [-0.1, -0.05) is 6.07 Å². The van der Waals surface area contributed by atoms with Gasteiger partial charge in [0.2, 0.25) is 0 Å². The Labute approximate surface area is 142 Å². The van der Waals surface area contributed by atoms with Crippen LogP contribution in [0, 0.1) is 0 Å². The number of aliphatic hydroxyl groups is 1. The van der Waals surface area contributed by atoms with Gasteiger partial charge in [0, 0.05) is 26.2 Å².